The molecule has 0 aromatic heterocycles. The molecule has 0 unspecified atom stereocenters. The highest BCUT2D eigenvalue weighted by Crippen LogP contribution is 2.33. The van der Waals surface area contributed by atoms with E-state index in [0.29, 0.717) is 0 Å². The Labute approximate surface area is 161 Å². The van der Waals surface area contributed by atoms with Gasteiger partial charge >= 0.3 is 11.7 Å². The van der Waals surface area contributed by atoms with Crippen molar-refractivity contribution in [2.45, 2.75) is 32.4 Å². The van der Waals surface area contributed by atoms with Crippen LogP contribution in [0.25, 0.3) is 0 Å². The second-order valence-corrected chi connectivity index (χ2v) is 6.58. The van der Waals surface area contributed by atoms with Crippen molar-refractivity contribution in [3.63, 3.8) is 0 Å². The molecule has 1 amide bonds. The third kappa shape index (κ3) is 3.53. The summed E-state index contributed by atoms with van der Waals surface area (Å²) in [5.74, 6) is -1.12. The fourth-order valence-corrected chi connectivity index (χ4v) is 3.34. The lowest BCUT2D eigenvalue weighted by Crippen LogP contribution is -2.43. The molecule has 2 atom stereocenters. The Bertz CT molecular complexity index is 942. The van der Waals surface area contributed by atoms with Crippen molar-refractivity contribution in [2.75, 3.05) is 12.0 Å². The number of rotatable bonds is 5. The first-order valence-corrected chi connectivity index (χ1v) is 8.78. The number of benzene rings is 2. The van der Waals surface area contributed by atoms with Crippen molar-refractivity contribution < 1.29 is 24.0 Å². The van der Waals surface area contributed by atoms with E-state index < -0.39 is 17.0 Å². The Hall–Kier alpha value is -3.42. The molecule has 1 aliphatic heterocycles. The van der Waals surface area contributed by atoms with Gasteiger partial charge in [-0.2, -0.15) is 0 Å². The predicted octanol–water partition coefficient (Wildman–Crippen LogP) is 3.13. The molecule has 0 bridgehead atoms. The summed E-state index contributed by atoms with van der Waals surface area (Å²) >= 11 is 0. The number of hydrogen-bond donors (Lipinski definition) is 0. The van der Waals surface area contributed by atoms with E-state index in [2.05, 4.69) is 0 Å². The molecule has 1 aliphatic rings. The van der Waals surface area contributed by atoms with E-state index in [0.717, 1.165) is 23.7 Å². The lowest BCUT2D eigenvalue weighted by atomic mass is 10.1. The zero-order chi connectivity index (χ0) is 20.4. The maximum Gasteiger partial charge on any atom is 0.339 e. The predicted molar refractivity (Wildman–Crippen MR) is 102 cm³/mol. The van der Waals surface area contributed by atoms with Crippen LogP contribution < -0.4 is 9.64 Å². The van der Waals surface area contributed by atoms with Crippen LogP contribution in [0.3, 0.4) is 0 Å². The monoisotopic (exact) mass is 384 g/mol. The van der Waals surface area contributed by atoms with Gasteiger partial charge in [0.1, 0.15) is 0 Å². The summed E-state index contributed by atoms with van der Waals surface area (Å²) in [6.45, 7) is 3.42. The molecule has 0 saturated heterocycles. The highest BCUT2D eigenvalue weighted by atomic mass is 16.6. The molecule has 0 aliphatic carbocycles. The van der Waals surface area contributed by atoms with E-state index in [1.165, 1.54) is 26.2 Å². The highest BCUT2D eigenvalue weighted by Gasteiger charge is 2.34. The van der Waals surface area contributed by atoms with E-state index >= 15 is 0 Å². The fourth-order valence-electron chi connectivity index (χ4n) is 3.34. The summed E-state index contributed by atoms with van der Waals surface area (Å²) in [6, 6.07) is 11.3. The zero-order valence-corrected chi connectivity index (χ0v) is 15.7. The summed E-state index contributed by atoms with van der Waals surface area (Å²) in [4.78, 5) is 37.4. The average molecular weight is 384 g/mol. The number of carbonyl (C=O) groups excluding carboxylic acids is 2. The third-order valence-corrected chi connectivity index (χ3v) is 4.69. The van der Waals surface area contributed by atoms with E-state index in [9.17, 15) is 19.7 Å². The Morgan fingerprint density at radius 2 is 1.96 bits per heavy atom. The van der Waals surface area contributed by atoms with Crippen molar-refractivity contribution in [1.29, 1.82) is 0 Å². The molecular formula is C20H20N2O6. The zero-order valence-electron chi connectivity index (χ0n) is 15.7. The van der Waals surface area contributed by atoms with Crippen LogP contribution in [0, 0.1) is 10.1 Å². The third-order valence-electron chi connectivity index (χ3n) is 4.69. The van der Waals surface area contributed by atoms with Gasteiger partial charge in [-0.05, 0) is 44.0 Å². The van der Waals surface area contributed by atoms with Crippen molar-refractivity contribution >= 4 is 23.3 Å². The number of para-hydroxylation sites is 1. The van der Waals surface area contributed by atoms with E-state index in [4.69, 9.17) is 9.47 Å². The van der Waals surface area contributed by atoms with Crippen LogP contribution in [0.5, 0.6) is 5.75 Å². The van der Waals surface area contributed by atoms with Crippen LogP contribution in [0.15, 0.2) is 42.5 Å². The Balaban J connectivity index is 1.77. The van der Waals surface area contributed by atoms with Crippen molar-refractivity contribution in [3.8, 4) is 5.75 Å². The maximum absolute atomic E-state index is 12.9. The quantitative estimate of drug-likeness (QED) is 0.446. The number of nitro groups is 1. The molecule has 0 saturated carbocycles. The standard InChI is InChI=1S/C20H20N2O6/c1-12-10-14-6-4-5-7-16(14)21(12)19(23)13(2)28-20(24)15-8-9-18(27-3)17(11-15)22(25)26/h4-9,11-13H,10H2,1-3H3/t12-,13+/m1/s1. The molecule has 0 N–H and O–H groups in total. The van der Waals surface area contributed by atoms with Crippen LogP contribution in [-0.2, 0) is 16.0 Å². The summed E-state index contributed by atoms with van der Waals surface area (Å²) in [7, 11) is 1.30. The first-order valence-electron chi connectivity index (χ1n) is 8.78. The topological polar surface area (TPSA) is 99.0 Å². The minimum atomic E-state index is -1.04. The van der Waals surface area contributed by atoms with Crippen LogP contribution in [0.4, 0.5) is 11.4 Å². The Kier molecular flexibility index (Phi) is 5.30. The van der Waals surface area contributed by atoms with Crippen molar-refractivity contribution in [1.82, 2.24) is 0 Å². The van der Waals surface area contributed by atoms with Crippen LogP contribution >= 0.6 is 0 Å². The van der Waals surface area contributed by atoms with Gasteiger partial charge in [-0.15, -0.1) is 0 Å². The summed E-state index contributed by atoms with van der Waals surface area (Å²) in [5.41, 5.74) is 1.50. The Morgan fingerprint density at radius 3 is 2.64 bits per heavy atom. The molecule has 0 radical (unpaired) electrons. The molecular weight excluding hydrogens is 364 g/mol. The molecule has 2 aromatic rings. The van der Waals surface area contributed by atoms with Gasteiger partial charge in [0, 0.05) is 17.8 Å². The highest BCUT2D eigenvalue weighted by molar-refractivity contribution is 6.01. The lowest BCUT2D eigenvalue weighted by Gasteiger charge is -2.25. The number of nitrogens with zero attached hydrogens (tertiary/aromatic N) is 2. The molecule has 8 nitrogen and oxygen atoms in total. The normalized spacial score (nSPS) is 16.2. The number of carbonyl (C=O) groups is 2. The van der Waals surface area contributed by atoms with Gasteiger partial charge < -0.3 is 14.4 Å². The average Bonchev–Trinajstić information content (AvgIpc) is 3.02. The second-order valence-electron chi connectivity index (χ2n) is 6.58. The Morgan fingerprint density at radius 1 is 1.25 bits per heavy atom. The van der Waals surface area contributed by atoms with Crippen LogP contribution in [0.2, 0.25) is 0 Å². The number of fused-ring (bicyclic) bond motifs is 1. The van der Waals surface area contributed by atoms with Gasteiger partial charge in [0.15, 0.2) is 11.9 Å². The minimum Gasteiger partial charge on any atom is -0.490 e. The number of hydrogen-bond acceptors (Lipinski definition) is 6. The number of methoxy groups -OCH3 is 1. The molecule has 2 aromatic carbocycles. The molecule has 3 rings (SSSR count). The number of nitro benzene ring substituents is 1. The first kappa shape index (κ1) is 19.3. The van der Waals surface area contributed by atoms with E-state index in [1.54, 1.807) is 4.90 Å². The maximum atomic E-state index is 12.9. The molecule has 1 heterocycles. The van der Waals surface area contributed by atoms with Gasteiger partial charge in [0.25, 0.3) is 5.91 Å². The summed E-state index contributed by atoms with van der Waals surface area (Å²) in [5, 5.41) is 11.1. The molecule has 146 valence electrons. The van der Waals surface area contributed by atoms with Gasteiger partial charge in [-0.1, -0.05) is 18.2 Å². The summed E-state index contributed by atoms with van der Waals surface area (Å²) < 4.78 is 10.2. The van der Waals surface area contributed by atoms with Crippen LogP contribution in [0.1, 0.15) is 29.8 Å². The van der Waals surface area contributed by atoms with Gasteiger partial charge in [0.05, 0.1) is 17.6 Å². The number of esters is 1. The smallest absolute Gasteiger partial charge is 0.339 e. The van der Waals surface area contributed by atoms with Gasteiger partial charge in [-0.3, -0.25) is 14.9 Å². The van der Waals surface area contributed by atoms with Crippen LogP contribution in [-0.4, -0.2) is 36.1 Å². The number of amides is 1. The van der Waals surface area contributed by atoms with Crippen molar-refractivity contribution in [3.05, 3.63) is 63.7 Å². The van der Waals surface area contributed by atoms with E-state index in [-0.39, 0.29) is 28.9 Å². The fraction of sp³-hybridized carbons (Fsp3) is 0.300. The largest absolute Gasteiger partial charge is 0.490 e. The number of ether oxygens (including phenoxy) is 2. The summed E-state index contributed by atoms with van der Waals surface area (Å²) in [6.07, 6.45) is -0.310. The molecule has 0 fully saturated rings. The number of anilines is 1. The van der Waals surface area contributed by atoms with Gasteiger partial charge in [-0.25, -0.2) is 4.79 Å². The SMILES string of the molecule is COc1ccc(C(=O)O[C@@H](C)C(=O)N2c3ccccc3C[C@H]2C)cc1[N+](=O)[O-]. The molecule has 28 heavy (non-hydrogen) atoms. The van der Waals surface area contributed by atoms with Crippen molar-refractivity contribution in [2.24, 2.45) is 0 Å². The minimum absolute atomic E-state index is 0.0259. The second kappa shape index (κ2) is 7.67. The molecule has 8 heteroatoms. The molecule has 0 spiro atoms. The first-order chi connectivity index (χ1) is 13.3. The van der Waals surface area contributed by atoms with E-state index in [1.807, 2.05) is 31.2 Å². The van der Waals surface area contributed by atoms with Gasteiger partial charge in [0.2, 0.25) is 0 Å². The lowest BCUT2D eigenvalue weighted by molar-refractivity contribution is -0.385.